The van der Waals surface area contributed by atoms with E-state index in [0.717, 1.165) is 12.8 Å². The number of fused-ring (bicyclic) bond motifs is 1. The molecule has 214 valence electrons. The molecule has 12 heteroatoms. The highest BCUT2D eigenvalue weighted by Crippen LogP contribution is 2.38. The third-order valence-electron chi connectivity index (χ3n) is 7.41. The Morgan fingerprint density at radius 2 is 1.95 bits per heavy atom. The molecule has 5 rings (SSSR count). The van der Waals surface area contributed by atoms with E-state index in [4.69, 9.17) is 9.47 Å². The van der Waals surface area contributed by atoms with Crippen molar-refractivity contribution in [3.05, 3.63) is 41.3 Å². The highest BCUT2D eigenvalue weighted by atomic mass is 19.3. The van der Waals surface area contributed by atoms with Crippen LogP contribution in [0.3, 0.4) is 0 Å². The van der Waals surface area contributed by atoms with Gasteiger partial charge in [-0.3, -0.25) is 9.59 Å². The number of carbonyl (C=O) groups is 2. The van der Waals surface area contributed by atoms with Crippen LogP contribution in [0.25, 0.3) is 22.3 Å². The molecule has 9 nitrogen and oxygen atoms in total. The molecule has 2 fully saturated rings. The van der Waals surface area contributed by atoms with Crippen molar-refractivity contribution in [2.24, 2.45) is 5.92 Å². The number of aromatic amines is 1. The summed E-state index contributed by atoms with van der Waals surface area (Å²) in [5, 5.41) is 5.53. The minimum atomic E-state index is -2.68. The molecule has 0 saturated heterocycles. The summed E-state index contributed by atoms with van der Waals surface area (Å²) in [6, 6.07) is 3.13. The molecule has 3 unspecified atom stereocenters. The van der Waals surface area contributed by atoms with Crippen LogP contribution in [-0.2, 0) is 9.53 Å². The van der Waals surface area contributed by atoms with Crippen LogP contribution in [0.4, 0.5) is 13.2 Å². The van der Waals surface area contributed by atoms with Crippen molar-refractivity contribution >= 4 is 22.8 Å². The highest BCUT2D eigenvalue weighted by Gasteiger charge is 2.34. The second-order valence-corrected chi connectivity index (χ2v) is 10.5. The van der Waals surface area contributed by atoms with E-state index in [-0.39, 0.29) is 36.1 Å². The molecule has 2 aliphatic rings. The van der Waals surface area contributed by atoms with E-state index in [2.05, 4.69) is 25.6 Å². The number of alkyl halides is 3. The summed E-state index contributed by atoms with van der Waals surface area (Å²) in [7, 11) is 1.41. The Labute approximate surface area is 229 Å². The van der Waals surface area contributed by atoms with Gasteiger partial charge in [0.25, 0.3) is 12.3 Å². The summed E-state index contributed by atoms with van der Waals surface area (Å²) < 4.78 is 53.0. The number of carbonyl (C=O) groups excluding carboxylic acids is 2. The lowest BCUT2D eigenvalue weighted by Gasteiger charge is -2.32. The molecule has 3 atom stereocenters. The number of amides is 2. The number of nitrogens with one attached hydrogen (secondary N) is 3. The minimum absolute atomic E-state index is 0.0731. The van der Waals surface area contributed by atoms with Gasteiger partial charge in [-0.15, -0.1) is 0 Å². The molecule has 40 heavy (non-hydrogen) atoms. The lowest BCUT2D eigenvalue weighted by molar-refractivity contribution is -0.125. The van der Waals surface area contributed by atoms with Gasteiger partial charge in [-0.2, -0.15) is 0 Å². The number of aryl methyl sites for hydroxylation is 1. The van der Waals surface area contributed by atoms with Crippen molar-refractivity contribution in [3.63, 3.8) is 0 Å². The lowest BCUT2D eigenvalue weighted by atomic mass is 9.89. The van der Waals surface area contributed by atoms with Gasteiger partial charge < -0.3 is 25.1 Å². The Kier molecular flexibility index (Phi) is 8.24. The Morgan fingerprint density at radius 1 is 1.15 bits per heavy atom. The molecular weight excluding hydrogens is 527 g/mol. The average Bonchev–Trinajstić information content (AvgIpc) is 3.68. The second kappa shape index (κ2) is 11.8. The van der Waals surface area contributed by atoms with E-state index in [1.54, 1.807) is 6.92 Å². The summed E-state index contributed by atoms with van der Waals surface area (Å²) >= 11 is 0. The summed E-state index contributed by atoms with van der Waals surface area (Å²) in [6.45, 7) is 2.07. The normalized spacial score (nSPS) is 21.0. The van der Waals surface area contributed by atoms with Gasteiger partial charge in [0, 0.05) is 36.4 Å². The predicted molar refractivity (Wildman–Crippen MR) is 141 cm³/mol. The van der Waals surface area contributed by atoms with Crippen LogP contribution in [0.15, 0.2) is 24.5 Å². The molecule has 2 saturated carbocycles. The minimum Gasteiger partial charge on any atom is -0.493 e. The predicted octanol–water partition coefficient (Wildman–Crippen LogP) is 4.41. The third kappa shape index (κ3) is 6.06. The van der Waals surface area contributed by atoms with Crippen molar-refractivity contribution in [2.75, 3.05) is 20.3 Å². The molecule has 2 aromatic heterocycles. The summed E-state index contributed by atoms with van der Waals surface area (Å²) in [4.78, 5) is 37.0. The lowest BCUT2D eigenvalue weighted by Crippen LogP contribution is -2.50. The first-order valence-corrected chi connectivity index (χ1v) is 13.4. The van der Waals surface area contributed by atoms with Crippen molar-refractivity contribution in [3.8, 4) is 17.0 Å². The Hall–Kier alpha value is -3.67. The van der Waals surface area contributed by atoms with Crippen LogP contribution in [0.1, 0.15) is 60.1 Å². The molecule has 2 aliphatic carbocycles. The topological polar surface area (TPSA) is 118 Å². The molecule has 0 spiro atoms. The first-order chi connectivity index (χ1) is 19.2. The fourth-order valence-electron chi connectivity index (χ4n) is 5.14. The van der Waals surface area contributed by atoms with E-state index in [1.165, 1.54) is 31.6 Å². The van der Waals surface area contributed by atoms with Crippen LogP contribution in [0.2, 0.25) is 0 Å². The van der Waals surface area contributed by atoms with Crippen LogP contribution in [-0.4, -0.2) is 65.3 Å². The molecule has 2 heterocycles. The number of H-pyrrole nitrogens is 1. The Bertz CT molecular complexity index is 1390. The fraction of sp³-hybridized carbons (Fsp3) is 0.500. The number of rotatable bonds is 10. The van der Waals surface area contributed by atoms with Crippen LogP contribution < -0.4 is 15.4 Å². The summed E-state index contributed by atoms with van der Waals surface area (Å²) in [5.74, 6) is 0.0537. The van der Waals surface area contributed by atoms with E-state index in [1.807, 2.05) is 0 Å². The third-order valence-corrected chi connectivity index (χ3v) is 7.41. The molecule has 2 amide bonds. The summed E-state index contributed by atoms with van der Waals surface area (Å²) in [6.07, 6.45) is 0.290. The largest absolute Gasteiger partial charge is 0.493 e. The van der Waals surface area contributed by atoms with E-state index in [9.17, 15) is 18.4 Å². The average molecular weight is 560 g/mol. The number of benzene rings is 1. The van der Waals surface area contributed by atoms with Crippen molar-refractivity contribution in [1.29, 1.82) is 0 Å². The van der Waals surface area contributed by atoms with Crippen LogP contribution >= 0.6 is 0 Å². The second-order valence-electron chi connectivity index (χ2n) is 10.5. The van der Waals surface area contributed by atoms with Crippen LogP contribution in [0.5, 0.6) is 5.75 Å². The van der Waals surface area contributed by atoms with E-state index < -0.39 is 24.5 Å². The van der Waals surface area contributed by atoms with E-state index in [0.29, 0.717) is 59.1 Å². The zero-order valence-corrected chi connectivity index (χ0v) is 22.3. The smallest absolute Gasteiger partial charge is 0.263 e. The number of hydrogen-bond acceptors (Lipinski definition) is 6. The zero-order valence-electron chi connectivity index (χ0n) is 22.3. The maximum absolute atomic E-state index is 15.0. The number of aromatic nitrogens is 3. The number of halogens is 3. The Balaban J connectivity index is 1.39. The number of methoxy groups -OCH3 is 1. The van der Waals surface area contributed by atoms with Gasteiger partial charge in [0.1, 0.15) is 36.1 Å². The van der Waals surface area contributed by atoms with Gasteiger partial charge in [0.05, 0.1) is 23.7 Å². The Morgan fingerprint density at radius 3 is 2.65 bits per heavy atom. The van der Waals surface area contributed by atoms with Crippen molar-refractivity contribution < 1.29 is 32.2 Å². The summed E-state index contributed by atoms with van der Waals surface area (Å²) in [5.41, 5.74) is 1.93. The van der Waals surface area contributed by atoms with Crippen molar-refractivity contribution in [2.45, 2.75) is 63.7 Å². The van der Waals surface area contributed by atoms with Crippen molar-refractivity contribution in [1.82, 2.24) is 25.6 Å². The fourth-order valence-corrected chi connectivity index (χ4v) is 5.14. The zero-order chi connectivity index (χ0) is 28.4. The molecular formula is C28H32F3N5O4. The van der Waals surface area contributed by atoms with Gasteiger partial charge in [-0.25, -0.2) is 23.1 Å². The molecule has 1 aromatic carbocycles. The molecule has 0 bridgehead atoms. The van der Waals surface area contributed by atoms with Gasteiger partial charge >= 0.3 is 0 Å². The number of ether oxygens (including phenoxy) is 2. The number of hydrogen-bond donors (Lipinski definition) is 3. The maximum Gasteiger partial charge on any atom is 0.263 e. The maximum atomic E-state index is 15.0. The van der Waals surface area contributed by atoms with Gasteiger partial charge in [-0.05, 0) is 56.7 Å². The molecule has 0 aliphatic heterocycles. The van der Waals surface area contributed by atoms with Gasteiger partial charge in [0.2, 0.25) is 5.91 Å². The highest BCUT2D eigenvalue weighted by molar-refractivity contribution is 6.09. The number of nitrogens with zero attached hydrogens (tertiary/aromatic N) is 2. The SMILES string of the molecule is COCC(=O)NC1CCC(NC(=O)c2c(C)[nH]c3c(-c4cc(C(F)F)ccc4OCC4CC4)ncnc23)C(F)C1. The van der Waals surface area contributed by atoms with Gasteiger partial charge in [0.15, 0.2) is 0 Å². The molecule has 0 radical (unpaired) electrons. The molecule has 3 N–H and O–H groups in total. The van der Waals surface area contributed by atoms with Crippen LogP contribution in [0, 0.1) is 12.8 Å². The van der Waals surface area contributed by atoms with E-state index >= 15 is 4.39 Å². The first-order valence-electron chi connectivity index (χ1n) is 13.4. The standard InChI is InChI=1S/C28H32F3N5O4/c1-14-23(28(38)36-20-7-6-17(10-19(20)29)35-22(37)12-39-2)25-26(34-14)24(32-13-33-25)18-9-16(27(30)31)5-8-21(18)40-11-15-3-4-15/h5,8-9,13,15,17,19-20,27,34H,3-4,6-7,10-12H2,1-2H3,(H,35,37)(H,36,38). The first kappa shape index (κ1) is 27.9. The monoisotopic (exact) mass is 559 g/mol. The molecule has 3 aromatic rings. The quantitative estimate of drug-likeness (QED) is 0.339. The van der Waals surface area contributed by atoms with Gasteiger partial charge in [-0.1, -0.05) is 0 Å².